The van der Waals surface area contributed by atoms with Crippen LogP contribution < -0.4 is 5.32 Å². The molecule has 1 fully saturated rings. The smallest absolute Gasteiger partial charge is 0.224 e. The van der Waals surface area contributed by atoms with Gasteiger partial charge in [0, 0.05) is 18.8 Å². The van der Waals surface area contributed by atoms with Gasteiger partial charge < -0.3 is 10.1 Å². The molecule has 1 aliphatic rings. The second-order valence-corrected chi connectivity index (χ2v) is 6.11. The molecule has 0 atom stereocenters. The molecule has 3 nitrogen and oxygen atoms in total. The van der Waals surface area contributed by atoms with Crippen LogP contribution in [0.2, 0.25) is 0 Å². The van der Waals surface area contributed by atoms with Crippen LogP contribution in [0.5, 0.6) is 0 Å². The Labute approximate surface area is 131 Å². The third kappa shape index (κ3) is 3.14. The Morgan fingerprint density at radius 1 is 1.14 bits per heavy atom. The van der Waals surface area contributed by atoms with E-state index in [9.17, 15) is 4.79 Å². The van der Waals surface area contributed by atoms with E-state index < -0.39 is 0 Å². The Bertz CT molecular complexity index is 654. The van der Waals surface area contributed by atoms with Crippen molar-refractivity contribution < 1.29 is 9.53 Å². The lowest BCUT2D eigenvalue weighted by Gasteiger charge is -2.37. The number of carbonyl (C=O) groups is 1. The van der Waals surface area contributed by atoms with Gasteiger partial charge in [-0.05, 0) is 35.6 Å². The summed E-state index contributed by atoms with van der Waals surface area (Å²) in [4.78, 5) is 12.5. The molecule has 2 aromatic rings. The lowest BCUT2D eigenvalue weighted by atomic mass is 9.87. The van der Waals surface area contributed by atoms with Crippen LogP contribution in [0.3, 0.4) is 0 Å². The van der Waals surface area contributed by atoms with Gasteiger partial charge in [-0.1, -0.05) is 49.4 Å². The number of benzene rings is 2. The zero-order valence-corrected chi connectivity index (χ0v) is 13.1. The highest BCUT2D eigenvalue weighted by atomic mass is 16.5. The molecule has 116 valence electrons. The summed E-state index contributed by atoms with van der Waals surface area (Å²) in [6.45, 7) is 3.62. The van der Waals surface area contributed by atoms with E-state index in [1.54, 1.807) is 0 Å². The van der Waals surface area contributed by atoms with E-state index in [0.29, 0.717) is 6.42 Å². The molecule has 1 amide bonds. The maximum atomic E-state index is 12.5. The van der Waals surface area contributed by atoms with Gasteiger partial charge in [-0.3, -0.25) is 4.79 Å². The molecular weight excluding hydrogens is 274 g/mol. The first-order valence-electron chi connectivity index (χ1n) is 8.08. The van der Waals surface area contributed by atoms with Crippen LogP contribution in [0.15, 0.2) is 42.5 Å². The van der Waals surface area contributed by atoms with Gasteiger partial charge in [0.25, 0.3) is 0 Å². The summed E-state index contributed by atoms with van der Waals surface area (Å²) >= 11 is 0. The Morgan fingerprint density at radius 2 is 1.86 bits per heavy atom. The predicted octanol–water partition coefficient (Wildman–Crippen LogP) is 3.46. The molecule has 1 heterocycles. The van der Waals surface area contributed by atoms with E-state index in [1.165, 1.54) is 5.39 Å². The molecule has 1 N–H and O–H groups in total. The first kappa shape index (κ1) is 15.0. The van der Waals surface area contributed by atoms with Crippen LogP contribution in [0, 0.1) is 0 Å². The Kier molecular flexibility index (Phi) is 4.44. The van der Waals surface area contributed by atoms with Crippen LogP contribution >= 0.6 is 0 Å². The molecule has 0 unspecified atom stereocenters. The number of nitrogens with one attached hydrogen (secondary N) is 1. The van der Waals surface area contributed by atoms with E-state index in [0.717, 1.165) is 43.4 Å². The first-order chi connectivity index (χ1) is 10.7. The highest BCUT2D eigenvalue weighted by Crippen LogP contribution is 2.25. The number of hydrogen-bond acceptors (Lipinski definition) is 2. The van der Waals surface area contributed by atoms with Crippen LogP contribution in [0.25, 0.3) is 10.8 Å². The third-order valence-electron chi connectivity index (χ3n) is 4.76. The highest BCUT2D eigenvalue weighted by molar-refractivity contribution is 5.90. The van der Waals surface area contributed by atoms with Gasteiger partial charge in [-0.25, -0.2) is 0 Å². The molecule has 0 radical (unpaired) electrons. The molecule has 0 saturated carbocycles. The summed E-state index contributed by atoms with van der Waals surface area (Å²) in [7, 11) is 0. The van der Waals surface area contributed by atoms with Crippen molar-refractivity contribution in [3.63, 3.8) is 0 Å². The van der Waals surface area contributed by atoms with Gasteiger partial charge >= 0.3 is 0 Å². The lowest BCUT2D eigenvalue weighted by Crippen LogP contribution is -2.52. The molecule has 0 bridgehead atoms. The highest BCUT2D eigenvalue weighted by Gasteiger charge is 2.32. The molecule has 1 aliphatic heterocycles. The second kappa shape index (κ2) is 6.49. The van der Waals surface area contributed by atoms with Crippen molar-refractivity contribution in [3.05, 3.63) is 48.0 Å². The van der Waals surface area contributed by atoms with Crippen LogP contribution in [0.1, 0.15) is 31.7 Å². The maximum absolute atomic E-state index is 12.5. The normalized spacial score (nSPS) is 17.3. The average molecular weight is 297 g/mol. The summed E-state index contributed by atoms with van der Waals surface area (Å²) in [6, 6.07) is 14.4. The van der Waals surface area contributed by atoms with Crippen LogP contribution in [-0.4, -0.2) is 24.7 Å². The summed E-state index contributed by atoms with van der Waals surface area (Å²) in [5.74, 6) is 0.111. The third-order valence-corrected chi connectivity index (χ3v) is 4.76. The quantitative estimate of drug-likeness (QED) is 0.938. The maximum Gasteiger partial charge on any atom is 0.224 e. The average Bonchev–Trinajstić information content (AvgIpc) is 2.56. The number of hydrogen-bond donors (Lipinski definition) is 1. The Hall–Kier alpha value is -1.87. The van der Waals surface area contributed by atoms with Crippen molar-refractivity contribution in [3.8, 4) is 0 Å². The molecule has 22 heavy (non-hydrogen) atoms. The molecule has 3 heteroatoms. The minimum absolute atomic E-state index is 0.0834. The molecule has 3 rings (SSSR count). The number of fused-ring (bicyclic) bond motifs is 1. The number of ether oxygens (including phenoxy) is 1. The SMILES string of the molecule is CCC1(NC(=O)Cc2cccc3ccccc23)CCOCC1. The van der Waals surface area contributed by atoms with Gasteiger partial charge in [0.05, 0.1) is 6.42 Å². The van der Waals surface area contributed by atoms with Crippen molar-refractivity contribution in [2.75, 3.05) is 13.2 Å². The monoisotopic (exact) mass is 297 g/mol. The van der Waals surface area contributed by atoms with Crippen molar-refractivity contribution in [2.45, 2.75) is 38.1 Å². The van der Waals surface area contributed by atoms with Crippen molar-refractivity contribution in [1.82, 2.24) is 5.32 Å². The van der Waals surface area contributed by atoms with Gasteiger partial charge in [0.1, 0.15) is 0 Å². The van der Waals surface area contributed by atoms with Gasteiger partial charge in [-0.2, -0.15) is 0 Å². The summed E-state index contributed by atoms with van der Waals surface area (Å²) in [6.07, 6.45) is 3.21. The minimum Gasteiger partial charge on any atom is -0.381 e. The first-order valence-corrected chi connectivity index (χ1v) is 8.08. The lowest BCUT2D eigenvalue weighted by molar-refractivity contribution is -0.123. The number of amides is 1. The standard InChI is InChI=1S/C19H23NO2/c1-2-19(10-12-22-13-11-19)20-18(21)14-16-8-5-7-15-6-3-4-9-17(15)16/h3-9H,2,10-14H2,1H3,(H,20,21). The zero-order valence-electron chi connectivity index (χ0n) is 13.1. The van der Waals surface area contributed by atoms with Crippen molar-refractivity contribution in [2.24, 2.45) is 0 Å². The number of rotatable bonds is 4. The predicted molar refractivity (Wildman–Crippen MR) is 88.9 cm³/mol. The van der Waals surface area contributed by atoms with Crippen molar-refractivity contribution in [1.29, 1.82) is 0 Å². The van der Waals surface area contributed by atoms with E-state index in [4.69, 9.17) is 4.74 Å². The van der Waals surface area contributed by atoms with Crippen LogP contribution in [0.4, 0.5) is 0 Å². The molecule has 2 aromatic carbocycles. The van der Waals surface area contributed by atoms with E-state index >= 15 is 0 Å². The summed E-state index contributed by atoms with van der Waals surface area (Å²) in [5, 5.41) is 5.63. The molecule has 0 spiro atoms. The van der Waals surface area contributed by atoms with Gasteiger partial charge in [0.15, 0.2) is 0 Å². The van der Waals surface area contributed by atoms with Crippen LogP contribution in [-0.2, 0) is 16.0 Å². The fourth-order valence-corrected chi connectivity index (χ4v) is 3.29. The van der Waals surface area contributed by atoms with Gasteiger partial charge in [-0.15, -0.1) is 0 Å². The van der Waals surface area contributed by atoms with Gasteiger partial charge in [0.2, 0.25) is 5.91 Å². The number of carbonyl (C=O) groups excluding carboxylic acids is 1. The van der Waals surface area contributed by atoms with Crippen molar-refractivity contribution >= 4 is 16.7 Å². The Balaban J connectivity index is 1.75. The molecule has 0 aromatic heterocycles. The molecular formula is C19H23NO2. The summed E-state index contributed by atoms with van der Waals surface area (Å²) in [5.41, 5.74) is 1.01. The molecule has 1 saturated heterocycles. The fraction of sp³-hybridized carbons (Fsp3) is 0.421. The second-order valence-electron chi connectivity index (χ2n) is 6.11. The fourth-order valence-electron chi connectivity index (χ4n) is 3.29. The Morgan fingerprint density at radius 3 is 2.64 bits per heavy atom. The van der Waals surface area contributed by atoms with E-state index in [2.05, 4.69) is 30.4 Å². The van der Waals surface area contributed by atoms with E-state index in [-0.39, 0.29) is 11.4 Å². The molecule has 0 aliphatic carbocycles. The topological polar surface area (TPSA) is 38.3 Å². The minimum atomic E-state index is -0.0834. The summed E-state index contributed by atoms with van der Waals surface area (Å²) < 4.78 is 5.43. The zero-order chi connectivity index (χ0) is 15.4. The largest absolute Gasteiger partial charge is 0.381 e. The van der Waals surface area contributed by atoms with E-state index in [1.807, 2.05) is 24.3 Å².